The fraction of sp³-hybridized carbons (Fsp3) is 0.286. The third kappa shape index (κ3) is 5.41. The van der Waals surface area contributed by atoms with E-state index < -0.39 is 5.82 Å². The molecule has 0 aliphatic heterocycles. The summed E-state index contributed by atoms with van der Waals surface area (Å²) in [6.07, 6.45) is 0.647. The fourth-order valence-corrected chi connectivity index (χ4v) is 2.85. The number of halogens is 1. The maximum Gasteiger partial charge on any atom is 0.224 e. The first-order chi connectivity index (χ1) is 14.9. The number of aromatic nitrogens is 4. The standard InChI is InChI=1S/C21H22FN5O4/c1-13(28)15-6-9-19(20(11-15)30-3)31-10-4-5-21(29)23-16-7-8-17(22)18(12-16)27-14(2)24-25-26-27/h6-9,11-12H,4-5,10H2,1-3H3,(H,23,29). The number of tetrazole rings is 1. The van der Waals surface area contributed by atoms with Gasteiger partial charge in [-0.25, -0.2) is 4.39 Å². The summed E-state index contributed by atoms with van der Waals surface area (Å²) < 4.78 is 26.3. The Morgan fingerprint density at radius 1 is 1.16 bits per heavy atom. The SMILES string of the molecule is COc1cc(C(C)=O)ccc1OCCCC(=O)Nc1ccc(F)c(-n2nnnc2C)c1. The molecule has 9 nitrogen and oxygen atoms in total. The van der Waals surface area contributed by atoms with Crippen LogP contribution in [0.5, 0.6) is 11.5 Å². The van der Waals surface area contributed by atoms with E-state index in [0.29, 0.717) is 35.0 Å². The van der Waals surface area contributed by atoms with Crippen LogP contribution in [0.3, 0.4) is 0 Å². The number of methoxy groups -OCH3 is 1. The second-order valence-corrected chi connectivity index (χ2v) is 6.73. The van der Waals surface area contributed by atoms with E-state index in [1.807, 2.05) is 0 Å². The topological polar surface area (TPSA) is 108 Å². The molecule has 1 heterocycles. The van der Waals surface area contributed by atoms with Gasteiger partial charge in [-0.05, 0) is 67.1 Å². The van der Waals surface area contributed by atoms with E-state index in [1.165, 1.54) is 36.9 Å². The monoisotopic (exact) mass is 427 g/mol. The van der Waals surface area contributed by atoms with Crippen molar-refractivity contribution < 1.29 is 23.5 Å². The van der Waals surface area contributed by atoms with Gasteiger partial charge in [-0.15, -0.1) is 5.10 Å². The Morgan fingerprint density at radius 3 is 2.65 bits per heavy atom. The van der Waals surface area contributed by atoms with Gasteiger partial charge in [-0.3, -0.25) is 9.59 Å². The molecule has 3 rings (SSSR count). The van der Waals surface area contributed by atoms with Crippen molar-refractivity contribution in [2.75, 3.05) is 19.0 Å². The zero-order valence-corrected chi connectivity index (χ0v) is 17.4. The number of ketones is 1. The molecule has 1 N–H and O–H groups in total. The zero-order chi connectivity index (χ0) is 22.4. The normalized spacial score (nSPS) is 10.6. The molecular weight excluding hydrogens is 405 g/mol. The van der Waals surface area contributed by atoms with E-state index in [4.69, 9.17) is 9.47 Å². The van der Waals surface area contributed by atoms with Gasteiger partial charge in [0.15, 0.2) is 23.1 Å². The van der Waals surface area contributed by atoms with Crippen LogP contribution >= 0.6 is 0 Å². The number of nitrogens with one attached hydrogen (secondary N) is 1. The number of carbonyl (C=O) groups is 2. The maximum absolute atomic E-state index is 14.1. The van der Waals surface area contributed by atoms with E-state index in [-0.39, 0.29) is 30.4 Å². The van der Waals surface area contributed by atoms with Crippen LogP contribution in [-0.2, 0) is 4.79 Å². The molecule has 1 amide bonds. The molecule has 3 aromatic rings. The third-order valence-corrected chi connectivity index (χ3v) is 4.46. The van der Waals surface area contributed by atoms with Gasteiger partial charge in [0.25, 0.3) is 0 Å². The van der Waals surface area contributed by atoms with Crippen LogP contribution < -0.4 is 14.8 Å². The van der Waals surface area contributed by atoms with Crippen LogP contribution in [0.25, 0.3) is 5.69 Å². The van der Waals surface area contributed by atoms with Gasteiger partial charge in [-0.1, -0.05) is 0 Å². The molecule has 0 saturated carbocycles. The summed E-state index contributed by atoms with van der Waals surface area (Å²) in [6, 6.07) is 9.11. The first-order valence-electron chi connectivity index (χ1n) is 9.55. The number of anilines is 1. The average Bonchev–Trinajstić information content (AvgIpc) is 3.18. The van der Waals surface area contributed by atoms with E-state index >= 15 is 0 Å². The average molecular weight is 427 g/mol. The minimum atomic E-state index is -0.508. The van der Waals surface area contributed by atoms with Crippen LogP contribution in [0.15, 0.2) is 36.4 Å². The molecule has 0 unspecified atom stereocenters. The lowest BCUT2D eigenvalue weighted by molar-refractivity contribution is -0.116. The summed E-state index contributed by atoms with van der Waals surface area (Å²) in [5.74, 6) is 0.550. The highest BCUT2D eigenvalue weighted by Crippen LogP contribution is 2.28. The summed E-state index contributed by atoms with van der Waals surface area (Å²) in [6.45, 7) is 3.40. The van der Waals surface area contributed by atoms with Crippen LogP contribution in [0.1, 0.15) is 35.9 Å². The number of hydrogen-bond donors (Lipinski definition) is 1. The number of hydrogen-bond acceptors (Lipinski definition) is 7. The second kappa shape index (κ2) is 9.79. The van der Waals surface area contributed by atoms with E-state index in [1.54, 1.807) is 25.1 Å². The Kier molecular flexibility index (Phi) is 6.91. The largest absolute Gasteiger partial charge is 0.493 e. The lowest BCUT2D eigenvalue weighted by Gasteiger charge is -2.12. The Bertz CT molecular complexity index is 1100. The van der Waals surface area contributed by atoms with Gasteiger partial charge in [0.05, 0.1) is 13.7 Å². The maximum atomic E-state index is 14.1. The van der Waals surface area contributed by atoms with Gasteiger partial charge in [0.1, 0.15) is 11.5 Å². The lowest BCUT2D eigenvalue weighted by Crippen LogP contribution is -2.13. The second-order valence-electron chi connectivity index (χ2n) is 6.73. The highest BCUT2D eigenvalue weighted by atomic mass is 19.1. The molecule has 0 aliphatic carbocycles. The highest BCUT2D eigenvalue weighted by Gasteiger charge is 2.12. The molecule has 0 aliphatic rings. The molecule has 0 bridgehead atoms. The number of benzene rings is 2. The number of nitrogens with zero attached hydrogens (tertiary/aromatic N) is 4. The van der Waals surface area contributed by atoms with Crippen LogP contribution in [0.2, 0.25) is 0 Å². The predicted octanol–water partition coefficient (Wildman–Crippen LogP) is 3.12. The molecule has 0 radical (unpaired) electrons. The summed E-state index contributed by atoms with van der Waals surface area (Å²) in [7, 11) is 1.49. The van der Waals surface area contributed by atoms with E-state index in [0.717, 1.165) is 0 Å². The summed E-state index contributed by atoms with van der Waals surface area (Å²) in [5.41, 5.74) is 1.10. The molecular formula is C21H22FN5O4. The van der Waals surface area contributed by atoms with Gasteiger partial charge in [0, 0.05) is 17.7 Å². The van der Waals surface area contributed by atoms with Crippen molar-refractivity contribution in [1.82, 2.24) is 20.2 Å². The highest BCUT2D eigenvalue weighted by molar-refractivity contribution is 5.94. The summed E-state index contributed by atoms with van der Waals surface area (Å²) in [4.78, 5) is 23.7. The predicted molar refractivity (Wildman–Crippen MR) is 110 cm³/mol. The number of Topliss-reactive ketones (excluding diaryl/α,β-unsaturated/α-hetero) is 1. The van der Waals surface area contributed by atoms with Crippen molar-refractivity contribution in [1.29, 1.82) is 0 Å². The molecule has 0 spiro atoms. The van der Waals surface area contributed by atoms with Crippen LogP contribution in [0, 0.1) is 12.7 Å². The number of amides is 1. The fourth-order valence-electron chi connectivity index (χ4n) is 2.85. The van der Waals surface area contributed by atoms with Crippen molar-refractivity contribution in [2.45, 2.75) is 26.7 Å². The van der Waals surface area contributed by atoms with Gasteiger partial charge in [0.2, 0.25) is 5.91 Å². The van der Waals surface area contributed by atoms with E-state index in [2.05, 4.69) is 20.8 Å². The molecule has 0 atom stereocenters. The van der Waals surface area contributed by atoms with Gasteiger partial charge >= 0.3 is 0 Å². The molecule has 162 valence electrons. The minimum absolute atomic E-state index is 0.0688. The summed E-state index contributed by atoms with van der Waals surface area (Å²) >= 11 is 0. The summed E-state index contributed by atoms with van der Waals surface area (Å²) in [5, 5.41) is 13.7. The third-order valence-electron chi connectivity index (χ3n) is 4.46. The van der Waals surface area contributed by atoms with Crippen molar-refractivity contribution in [3.63, 3.8) is 0 Å². The van der Waals surface area contributed by atoms with Gasteiger partial charge in [-0.2, -0.15) is 4.68 Å². The lowest BCUT2D eigenvalue weighted by atomic mass is 10.1. The molecule has 2 aromatic carbocycles. The minimum Gasteiger partial charge on any atom is -0.493 e. The molecule has 31 heavy (non-hydrogen) atoms. The molecule has 10 heteroatoms. The first kappa shape index (κ1) is 21.9. The quantitative estimate of drug-likeness (QED) is 0.413. The van der Waals surface area contributed by atoms with Crippen LogP contribution in [-0.4, -0.2) is 45.6 Å². The number of ether oxygens (including phenoxy) is 2. The Labute approximate surface area is 178 Å². The van der Waals surface area contributed by atoms with Gasteiger partial charge < -0.3 is 14.8 Å². The molecule has 1 aromatic heterocycles. The number of carbonyl (C=O) groups excluding carboxylic acids is 2. The smallest absolute Gasteiger partial charge is 0.224 e. The number of aryl methyl sites for hydroxylation is 1. The number of rotatable bonds is 9. The van der Waals surface area contributed by atoms with Crippen molar-refractivity contribution in [3.05, 3.63) is 53.6 Å². The molecule has 0 saturated heterocycles. The van der Waals surface area contributed by atoms with Crippen LogP contribution in [0.4, 0.5) is 10.1 Å². The van der Waals surface area contributed by atoms with Crippen molar-refractivity contribution in [3.8, 4) is 17.2 Å². The Morgan fingerprint density at radius 2 is 1.97 bits per heavy atom. The zero-order valence-electron chi connectivity index (χ0n) is 17.4. The van der Waals surface area contributed by atoms with E-state index in [9.17, 15) is 14.0 Å². The van der Waals surface area contributed by atoms with Crippen molar-refractivity contribution >= 4 is 17.4 Å². The Hall–Kier alpha value is -3.82. The first-order valence-corrected chi connectivity index (χ1v) is 9.55. The van der Waals surface area contributed by atoms with Crippen molar-refractivity contribution in [2.24, 2.45) is 0 Å². The molecule has 0 fully saturated rings. The Balaban J connectivity index is 1.53.